The Kier molecular flexibility index (Phi) is 4.66. The molecule has 0 aliphatic carbocycles. The van der Waals surface area contributed by atoms with Gasteiger partial charge in [-0.3, -0.25) is 0 Å². The van der Waals surface area contributed by atoms with Gasteiger partial charge in [-0.05, 0) is 33.6 Å². The van der Waals surface area contributed by atoms with Gasteiger partial charge in [0.25, 0.3) is 0 Å². The van der Waals surface area contributed by atoms with Crippen LogP contribution < -0.4 is 10.1 Å². The molecule has 0 spiro atoms. The van der Waals surface area contributed by atoms with Crippen LogP contribution in [0, 0.1) is 0 Å². The van der Waals surface area contributed by atoms with Crippen molar-refractivity contribution in [2.75, 3.05) is 0 Å². The van der Waals surface area contributed by atoms with Gasteiger partial charge in [-0.25, -0.2) is 4.98 Å². The van der Waals surface area contributed by atoms with Crippen molar-refractivity contribution in [3.05, 3.63) is 46.5 Å². The van der Waals surface area contributed by atoms with Gasteiger partial charge in [0.15, 0.2) is 0 Å². The summed E-state index contributed by atoms with van der Waals surface area (Å²) in [6.07, 6.45) is -1.32. The highest BCUT2D eigenvalue weighted by Gasteiger charge is 2.31. The summed E-state index contributed by atoms with van der Waals surface area (Å²) in [5, 5.41) is 3.12. The predicted octanol–water partition coefficient (Wildman–Crippen LogP) is 3.36. The maximum Gasteiger partial charge on any atom is 0.573 e. The first-order valence-electron chi connectivity index (χ1n) is 5.67. The Hall–Kier alpha value is -1.54. The number of nitrogens with one attached hydrogen (secondary N) is 2. The molecule has 108 valence electrons. The van der Waals surface area contributed by atoms with Crippen LogP contribution in [0.3, 0.4) is 0 Å². The zero-order chi connectivity index (χ0) is 14.6. The first kappa shape index (κ1) is 14.9. The topological polar surface area (TPSA) is 49.9 Å². The van der Waals surface area contributed by atoms with Crippen molar-refractivity contribution in [1.82, 2.24) is 15.3 Å². The second kappa shape index (κ2) is 6.27. The number of hydrogen-bond acceptors (Lipinski definition) is 3. The number of benzene rings is 1. The molecule has 0 aliphatic heterocycles. The third-order valence-electron chi connectivity index (χ3n) is 2.40. The fraction of sp³-hybridized carbons (Fsp3) is 0.250. The van der Waals surface area contributed by atoms with E-state index < -0.39 is 6.36 Å². The molecule has 2 N–H and O–H groups in total. The van der Waals surface area contributed by atoms with E-state index in [0.717, 1.165) is 11.4 Å². The molecule has 4 nitrogen and oxygen atoms in total. The van der Waals surface area contributed by atoms with Crippen molar-refractivity contribution in [3.8, 4) is 5.75 Å². The van der Waals surface area contributed by atoms with E-state index in [0.29, 0.717) is 13.1 Å². The predicted molar refractivity (Wildman–Crippen MR) is 70.0 cm³/mol. The van der Waals surface area contributed by atoms with E-state index in [-0.39, 0.29) is 10.2 Å². The molecule has 0 saturated carbocycles. The largest absolute Gasteiger partial charge is 0.573 e. The van der Waals surface area contributed by atoms with Crippen LogP contribution in [-0.4, -0.2) is 16.3 Å². The summed E-state index contributed by atoms with van der Waals surface area (Å²) in [5.41, 5.74) is 0.831. The van der Waals surface area contributed by atoms with Crippen LogP contribution in [0.4, 0.5) is 13.2 Å². The lowest BCUT2D eigenvalue weighted by atomic mass is 10.2. The maximum atomic E-state index is 12.1. The molecule has 0 unspecified atom stereocenters. The van der Waals surface area contributed by atoms with Crippen molar-refractivity contribution in [1.29, 1.82) is 0 Å². The molecule has 1 heterocycles. The van der Waals surface area contributed by atoms with E-state index in [1.54, 1.807) is 24.5 Å². The Morgan fingerprint density at radius 2 is 2.10 bits per heavy atom. The molecule has 20 heavy (non-hydrogen) atoms. The number of aromatic nitrogens is 2. The molecule has 0 aliphatic rings. The minimum Gasteiger partial charge on any atom is -0.405 e. The van der Waals surface area contributed by atoms with Gasteiger partial charge in [0, 0.05) is 18.9 Å². The lowest BCUT2D eigenvalue weighted by Gasteiger charge is -2.11. The van der Waals surface area contributed by atoms with Crippen molar-refractivity contribution in [3.63, 3.8) is 0 Å². The van der Waals surface area contributed by atoms with Crippen LogP contribution in [0.15, 0.2) is 35.1 Å². The second-order valence-corrected chi connectivity index (χ2v) is 4.81. The van der Waals surface area contributed by atoms with Gasteiger partial charge in [0.1, 0.15) is 11.6 Å². The van der Waals surface area contributed by atoms with Gasteiger partial charge in [0.2, 0.25) is 0 Å². The number of halogens is 4. The number of ether oxygens (including phenoxy) is 1. The van der Waals surface area contributed by atoms with Crippen molar-refractivity contribution in [2.45, 2.75) is 19.5 Å². The molecule has 0 atom stereocenters. The Morgan fingerprint density at radius 3 is 2.70 bits per heavy atom. The summed E-state index contributed by atoms with van der Waals surface area (Å²) in [5.74, 6) is 0.536. The van der Waals surface area contributed by atoms with Gasteiger partial charge in [-0.15, -0.1) is 13.2 Å². The van der Waals surface area contributed by atoms with Gasteiger partial charge < -0.3 is 15.0 Å². The fourth-order valence-electron chi connectivity index (χ4n) is 1.58. The summed E-state index contributed by atoms with van der Waals surface area (Å²) in [6, 6.07) is 4.43. The highest BCUT2D eigenvalue weighted by atomic mass is 79.9. The monoisotopic (exact) mass is 349 g/mol. The lowest BCUT2D eigenvalue weighted by Crippen LogP contribution is -2.17. The molecule has 0 radical (unpaired) electrons. The first-order valence-corrected chi connectivity index (χ1v) is 6.46. The minimum absolute atomic E-state index is 0.257. The zero-order valence-electron chi connectivity index (χ0n) is 10.2. The summed E-state index contributed by atoms with van der Waals surface area (Å²) in [6.45, 7) is 1.05. The van der Waals surface area contributed by atoms with Crippen LogP contribution in [-0.2, 0) is 13.1 Å². The summed E-state index contributed by atoms with van der Waals surface area (Å²) >= 11 is 3.06. The number of aromatic amines is 1. The number of H-pyrrole nitrogens is 1. The Morgan fingerprint density at radius 1 is 1.30 bits per heavy atom. The molecule has 0 amide bonds. The molecule has 1 aromatic heterocycles. The highest BCUT2D eigenvalue weighted by Crippen LogP contribution is 2.30. The van der Waals surface area contributed by atoms with Gasteiger partial charge in [-0.1, -0.05) is 6.07 Å². The van der Waals surface area contributed by atoms with Crippen LogP contribution >= 0.6 is 15.9 Å². The summed E-state index contributed by atoms with van der Waals surface area (Å²) in [7, 11) is 0. The molecule has 2 rings (SSSR count). The minimum atomic E-state index is -4.69. The van der Waals surface area contributed by atoms with Gasteiger partial charge in [-0.2, -0.15) is 0 Å². The third kappa shape index (κ3) is 4.53. The first-order chi connectivity index (χ1) is 9.44. The van der Waals surface area contributed by atoms with Crippen LogP contribution in [0.2, 0.25) is 0 Å². The number of rotatable bonds is 5. The molecule has 2 aromatic rings. The average molecular weight is 350 g/mol. The van der Waals surface area contributed by atoms with Gasteiger partial charge in [0.05, 0.1) is 11.0 Å². The van der Waals surface area contributed by atoms with E-state index in [9.17, 15) is 13.2 Å². The van der Waals surface area contributed by atoms with Crippen LogP contribution in [0.25, 0.3) is 0 Å². The zero-order valence-corrected chi connectivity index (χ0v) is 11.8. The number of imidazole rings is 1. The average Bonchev–Trinajstić information content (AvgIpc) is 2.84. The molecule has 8 heteroatoms. The maximum absolute atomic E-state index is 12.1. The molecular weight excluding hydrogens is 339 g/mol. The van der Waals surface area contributed by atoms with E-state index in [4.69, 9.17) is 0 Å². The van der Waals surface area contributed by atoms with Crippen molar-refractivity contribution in [2.24, 2.45) is 0 Å². The number of hydrogen-bond donors (Lipinski definition) is 2. The molecule has 0 bridgehead atoms. The lowest BCUT2D eigenvalue weighted by molar-refractivity contribution is -0.274. The smallest absolute Gasteiger partial charge is 0.405 e. The SMILES string of the molecule is FC(F)(F)Oc1ccc(CNCc2ncc[nH]2)cc1Br. The van der Waals surface area contributed by atoms with Crippen LogP contribution in [0.5, 0.6) is 5.75 Å². The highest BCUT2D eigenvalue weighted by molar-refractivity contribution is 9.10. The Labute approximate surface area is 121 Å². The van der Waals surface area contributed by atoms with Crippen molar-refractivity contribution < 1.29 is 17.9 Å². The Balaban J connectivity index is 1.91. The Bertz CT molecular complexity index is 558. The quantitative estimate of drug-likeness (QED) is 0.870. The number of nitrogens with zero attached hydrogens (tertiary/aromatic N) is 1. The fourth-order valence-corrected chi connectivity index (χ4v) is 2.09. The standard InChI is InChI=1S/C12H11BrF3N3O/c13-9-5-8(1-2-10(9)20-12(14,15)16)6-17-7-11-18-3-4-19-11/h1-5,17H,6-7H2,(H,18,19). The van der Waals surface area contributed by atoms with E-state index in [1.165, 1.54) is 6.07 Å². The van der Waals surface area contributed by atoms with Gasteiger partial charge >= 0.3 is 6.36 Å². The molecular formula is C12H11BrF3N3O. The van der Waals surface area contributed by atoms with E-state index in [1.807, 2.05) is 0 Å². The van der Waals surface area contributed by atoms with Crippen LogP contribution in [0.1, 0.15) is 11.4 Å². The summed E-state index contributed by atoms with van der Waals surface area (Å²) < 4.78 is 40.5. The van der Waals surface area contributed by atoms with E-state index in [2.05, 4.69) is 36.0 Å². The molecule has 0 saturated heterocycles. The molecule has 1 aromatic carbocycles. The van der Waals surface area contributed by atoms with E-state index >= 15 is 0 Å². The normalized spacial score (nSPS) is 11.6. The van der Waals surface area contributed by atoms with Crippen molar-refractivity contribution >= 4 is 15.9 Å². The third-order valence-corrected chi connectivity index (χ3v) is 3.02. The number of alkyl halides is 3. The second-order valence-electron chi connectivity index (χ2n) is 3.95. The molecule has 0 fully saturated rings. The summed E-state index contributed by atoms with van der Waals surface area (Å²) in [4.78, 5) is 6.99.